The molecule has 1 saturated heterocycles. The fraction of sp³-hybridized carbons (Fsp3) is 0.444. The lowest BCUT2D eigenvalue weighted by atomic mass is 9.89. The smallest absolute Gasteiger partial charge is 0.129 e. The molecule has 4 heteroatoms. The van der Waals surface area contributed by atoms with Crippen LogP contribution in [0.25, 0.3) is 0 Å². The van der Waals surface area contributed by atoms with Crippen LogP contribution in [0.2, 0.25) is 0 Å². The van der Waals surface area contributed by atoms with Gasteiger partial charge in [-0.1, -0.05) is 36.4 Å². The standard InChI is InChI=1S/C18H22F2N2/c19-15-6-7-16(17(20)12-15)18-8-10-22(11-9-21-18)13-14-4-2-1-3-5-14/h1-7,12,16-18,21H,8-11,13H2. The van der Waals surface area contributed by atoms with E-state index in [1.165, 1.54) is 11.6 Å². The molecule has 3 unspecified atom stereocenters. The van der Waals surface area contributed by atoms with E-state index in [9.17, 15) is 8.78 Å². The Morgan fingerprint density at radius 1 is 1.18 bits per heavy atom. The maximum Gasteiger partial charge on any atom is 0.129 e. The number of hydrogen-bond donors (Lipinski definition) is 1. The third-order valence-corrected chi connectivity index (χ3v) is 4.47. The molecule has 22 heavy (non-hydrogen) atoms. The predicted octanol–water partition coefficient (Wildman–Crippen LogP) is 3.23. The number of rotatable bonds is 3. The van der Waals surface area contributed by atoms with E-state index in [2.05, 4.69) is 34.5 Å². The first kappa shape index (κ1) is 15.4. The van der Waals surface area contributed by atoms with E-state index in [-0.39, 0.29) is 12.0 Å². The molecule has 1 N–H and O–H groups in total. The largest absolute Gasteiger partial charge is 0.312 e. The van der Waals surface area contributed by atoms with Gasteiger partial charge < -0.3 is 5.32 Å². The quantitative estimate of drug-likeness (QED) is 0.922. The van der Waals surface area contributed by atoms with Crippen molar-refractivity contribution in [3.63, 3.8) is 0 Å². The molecule has 3 atom stereocenters. The molecule has 1 aromatic carbocycles. The van der Waals surface area contributed by atoms with Crippen molar-refractivity contribution >= 4 is 0 Å². The Morgan fingerprint density at radius 2 is 2.00 bits per heavy atom. The Hall–Kier alpha value is -1.52. The number of halogens is 2. The van der Waals surface area contributed by atoms with E-state index in [0.29, 0.717) is 0 Å². The Bertz CT molecular complexity index is 541. The first-order chi connectivity index (χ1) is 10.7. The van der Waals surface area contributed by atoms with Crippen molar-refractivity contribution in [1.29, 1.82) is 0 Å². The number of benzene rings is 1. The molecule has 1 aliphatic heterocycles. The van der Waals surface area contributed by atoms with Gasteiger partial charge in [-0.2, -0.15) is 0 Å². The second-order valence-electron chi connectivity index (χ2n) is 6.04. The van der Waals surface area contributed by atoms with Crippen molar-refractivity contribution in [3.8, 4) is 0 Å². The lowest BCUT2D eigenvalue weighted by Crippen LogP contribution is -2.40. The van der Waals surface area contributed by atoms with Gasteiger partial charge in [-0.25, -0.2) is 8.78 Å². The van der Waals surface area contributed by atoms with Crippen LogP contribution in [0.3, 0.4) is 0 Å². The minimum Gasteiger partial charge on any atom is -0.312 e. The molecule has 0 amide bonds. The zero-order valence-corrected chi connectivity index (χ0v) is 12.6. The summed E-state index contributed by atoms with van der Waals surface area (Å²) in [5.74, 6) is -0.737. The summed E-state index contributed by atoms with van der Waals surface area (Å²) in [6.45, 7) is 3.63. The maximum absolute atomic E-state index is 14.0. The van der Waals surface area contributed by atoms with Gasteiger partial charge in [0.2, 0.25) is 0 Å². The van der Waals surface area contributed by atoms with Crippen LogP contribution in [0.1, 0.15) is 12.0 Å². The van der Waals surface area contributed by atoms with Gasteiger partial charge in [-0.15, -0.1) is 0 Å². The lowest BCUT2D eigenvalue weighted by molar-refractivity contribution is 0.244. The topological polar surface area (TPSA) is 15.3 Å². The molecule has 2 aliphatic rings. The van der Waals surface area contributed by atoms with Gasteiger partial charge in [0.15, 0.2) is 0 Å². The number of allylic oxidation sites excluding steroid dienone is 3. The molecule has 1 aromatic rings. The molecule has 0 saturated carbocycles. The summed E-state index contributed by atoms with van der Waals surface area (Å²) in [7, 11) is 0. The summed E-state index contributed by atoms with van der Waals surface area (Å²) in [6, 6.07) is 10.4. The normalized spacial score (nSPS) is 29.9. The van der Waals surface area contributed by atoms with Crippen molar-refractivity contribution in [2.75, 3.05) is 19.6 Å². The van der Waals surface area contributed by atoms with Crippen molar-refractivity contribution in [3.05, 3.63) is 60.0 Å². The molecular formula is C18H22F2N2. The summed E-state index contributed by atoms with van der Waals surface area (Å²) in [5, 5.41) is 3.43. The highest BCUT2D eigenvalue weighted by molar-refractivity contribution is 5.22. The zero-order valence-electron chi connectivity index (χ0n) is 12.6. The SMILES string of the molecule is FC1=CC(F)C(C2CCN(Cc3ccccc3)CCN2)C=C1. The number of alkyl halides is 1. The van der Waals surface area contributed by atoms with E-state index >= 15 is 0 Å². The Balaban J connectivity index is 1.57. The van der Waals surface area contributed by atoms with Gasteiger partial charge in [0, 0.05) is 38.1 Å². The molecule has 0 aromatic heterocycles. The van der Waals surface area contributed by atoms with Crippen LogP contribution < -0.4 is 5.32 Å². The molecule has 0 radical (unpaired) electrons. The van der Waals surface area contributed by atoms with Crippen molar-refractivity contribution < 1.29 is 8.78 Å². The first-order valence-electron chi connectivity index (χ1n) is 7.91. The van der Waals surface area contributed by atoms with Crippen LogP contribution >= 0.6 is 0 Å². The number of hydrogen-bond acceptors (Lipinski definition) is 2. The van der Waals surface area contributed by atoms with Crippen LogP contribution in [-0.2, 0) is 6.54 Å². The molecule has 1 fully saturated rings. The van der Waals surface area contributed by atoms with Gasteiger partial charge in [0.05, 0.1) is 0 Å². The lowest BCUT2D eigenvalue weighted by Gasteiger charge is -2.27. The summed E-state index contributed by atoms with van der Waals surface area (Å²) < 4.78 is 27.1. The average molecular weight is 304 g/mol. The van der Waals surface area contributed by atoms with Crippen LogP contribution in [0.4, 0.5) is 8.78 Å². The number of nitrogens with zero attached hydrogens (tertiary/aromatic N) is 1. The molecule has 0 bridgehead atoms. The van der Waals surface area contributed by atoms with Crippen LogP contribution in [0.15, 0.2) is 54.4 Å². The number of nitrogens with one attached hydrogen (secondary N) is 1. The highest BCUT2D eigenvalue weighted by atomic mass is 19.1. The molecule has 2 nitrogen and oxygen atoms in total. The summed E-state index contributed by atoms with van der Waals surface area (Å²) in [5.41, 5.74) is 1.30. The van der Waals surface area contributed by atoms with Crippen molar-refractivity contribution in [2.45, 2.75) is 25.2 Å². The molecular weight excluding hydrogens is 282 g/mol. The molecule has 3 rings (SSSR count). The molecule has 0 spiro atoms. The zero-order chi connectivity index (χ0) is 15.4. The van der Waals surface area contributed by atoms with E-state index in [1.54, 1.807) is 6.08 Å². The second kappa shape index (κ2) is 7.16. The van der Waals surface area contributed by atoms with Crippen LogP contribution in [-0.4, -0.2) is 36.7 Å². The van der Waals surface area contributed by atoms with Gasteiger partial charge in [0.25, 0.3) is 0 Å². The first-order valence-corrected chi connectivity index (χ1v) is 7.91. The molecule has 118 valence electrons. The average Bonchev–Trinajstić information content (AvgIpc) is 2.74. The third kappa shape index (κ3) is 3.81. The van der Waals surface area contributed by atoms with Gasteiger partial charge in [-0.05, 0) is 24.1 Å². The summed E-state index contributed by atoms with van der Waals surface area (Å²) in [4.78, 5) is 2.39. The van der Waals surface area contributed by atoms with Gasteiger partial charge in [-0.3, -0.25) is 4.90 Å². The summed E-state index contributed by atoms with van der Waals surface area (Å²) >= 11 is 0. The second-order valence-corrected chi connectivity index (χ2v) is 6.04. The molecule has 1 heterocycles. The predicted molar refractivity (Wildman–Crippen MR) is 84.8 cm³/mol. The van der Waals surface area contributed by atoms with Gasteiger partial charge in [0.1, 0.15) is 12.0 Å². The Labute approximate surface area is 130 Å². The Kier molecular flexibility index (Phi) is 5.01. The fourth-order valence-corrected chi connectivity index (χ4v) is 3.26. The van der Waals surface area contributed by atoms with E-state index in [1.807, 2.05) is 6.07 Å². The van der Waals surface area contributed by atoms with Gasteiger partial charge >= 0.3 is 0 Å². The van der Waals surface area contributed by atoms with Crippen molar-refractivity contribution in [1.82, 2.24) is 10.2 Å². The minimum atomic E-state index is -1.23. The molecule has 1 aliphatic carbocycles. The van der Waals surface area contributed by atoms with Crippen molar-refractivity contribution in [2.24, 2.45) is 5.92 Å². The highest BCUT2D eigenvalue weighted by Crippen LogP contribution is 2.26. The Morgan fingerprint density at radius 3 is 2.77 bits per heavy atom. The van der Waals surface area contributed by atoms with E-state index in [0.717, 1.165) is 38.7 Å². The van der Waals surface area contributed by atoms with Crippen LogP contribution in [0.5, 0.6) is 0 Å². The minimum absolute atomic E-state index is 0.0661. The highest BCUT2D eigenvalue weighted by Gasteiger charge is 2.30. The van der Waals surface area contributed by atoms with E-state index < -0.39 is 12.0 Å². The third-order valence-electron chi connectivity index (χ3n) is 4.47. The fourth-order valence-electron chi connectivity index (χ4n) is 3.26. The van der Waals surface area contributed by atoms with E-state index in [4.69, 9.17) is 0 Å². The maximum atomic E-state index is 14.0. The van der Waals surface area contributed by atoms with Crippen LogP contribution in [0, 0.1) is 5.92 Å². The summed E-state index contributed by atoms with van der Waals surface area (Å²) in [6.07, 6.45) is 3.78. The monoisotopic (exact) mass is 304 g/mol.